The minimum atomic E-state index is -0.345. The van der Waals surface area contributed by atoms with Gasteiger partial charge in [0.2, 0.25) is 11.8 Å². The van der Waals surface area contributed by atoms with Gasteiger partial charge in [0.05, 0.1) is 11.0 Å². The summed E-state index contributed by atoms with van der Waals surface area (Å²) in [6.07, 6.45) is 0. The van der Waals surface area contributed by atoms with Crippen molar-refractivity contribution in [2.45, 2.75) is 45.9 Å². The standard InChI is InChI=1S/C14H23N3O3S/c1-8(2)10(4)15-13(18)7-21-11(5)14(19)16-12-6-9(3)20-17-12/h6,8,10-11H,7H2,1-5H3,(H,15,18)(H,16,17,19)/t10-,11-/m1/s1. The Kier molecular flexibility index (Phi) is 6.74. The summed E-state index contributed by atoms with van der Waals surface area (Å²) in [5, 5.41) is 8.91. The fraction of sp³-hybridized carbons (Fsp3) is 0.643. The van der Waals surface area contributed by atoms with E-state index < -0.39 is 0 Å². The molecule has 0 aliphatic heterocycles. The monoisotopic (exact) mass is 313 g/mol. The highest BCUT2D eigenvalue weighted by Gasteiger charge is 2.18. The predicted molar refractivity (Wildman–Crippen MR) is 84.2 cm³/mol. The van der Waals surface area contributed by atoms with E-state index in [1.54, 1.807) is 19.9 Å². The molecule has 21 heavy (non-hydrogen) atoms. The Morgan fingerprint density at radius 2 is 2.00 bits per heavy atom. The van der Waals surface area contributed by atoms with Crippen LogP contribution in [0.4, 0.5) is 5.82 Å². The van der Waals surface area contributed by atoms with Crippen molar-refractivity contribution in [3.63, 3.8) is 0 Å². The summed E-state index contributed by atoms with van der Waals surface area (Å²) < 4.78 is 4.87. The van der Waals surface area contributed by atoms with Gasteiger partial charge in [-0.15, -0.1) is 11.8 Å². The number of aromatic nitrogens is 1. The summed E-state index contributed by atoms with van der Waals surface area (Å²) in [6, 6.07) is 1.77. The molecule has 6 nitrogen and oxygen atoms in total. The molecular formula is C14H23N3O3S. The van der Waals surface area contributed by atoms with E-state index in [1.807, 2.05) is 20.8 Å². The molecule has 1 aromatic rings. The van der Waals surface area contributed by atoms with Crippen LogP contribution in [-0.2, 0) is 9.59 Å². The SMILES string of the molecule is Cc1cc(NC(=O)[C@@H](C)SCC(=O)N[C@H](C)C(C)C)no1. The lowest BCUT2D eigenvalue weighted by molar-refractivity contribution is -0.119. The summed E-state index contributed by atoms with van der Waals surface area (Å²) in [5.74, 6) is 1.41. The van der Waals surface area contributed by atoms with Crippen molar-refractivity contribution in [2.75, 3.05) is 11.1 Å². The maximum atomic E-state index is 11.9. The first kappa shape index (κ1) is 17.6. The Morgan fingerprint density at radius 3 is 2.52 bits per heavy atom. The normalized spacial score (nSPS) is 13.8. The number of aryl methyl sites for hydroxylation is 1. The molecule has 7 heteroatoms. The summed E-state index contributed by atoms with van der Waals surface area (Å²) in [6.45, 7) is 9.57. The lowest BCUT2D eigenvalue weighted by Crippen LogP contribution is -2.37. The van der Waals surface area contributed by atoms with E-state index in [-0.39, 0.29) is 28.9 Å². The number of rotatable bonds is 7. The molecule has 2 N–H and O–H groups in total. The van der Waals surface area contributed by atoms with Gasteiger partial charge in [-0.25, -0.2) is 0 Å². The van der Waals surface area contributed by atoms with Crippen molar-refractivity contribution in [1.82, 2.24) is 10.5 Å². The van der Waals surface area contributed by atoms with Gasteiger partial charge in [0.1, 0.15) is 5.76 Å². The molecule has 0 saturated carbocycles. The zero-order valence-electron chi connectivity index (χ0n) is 13.1. The topological polar surface area (TPSA) is 84.2 Å². The van der Waals surface area contributed by atoms with Crippen molar-refractivity contribution >= 4 is 29.4 Å². The van der Waals surface area contributed by atoms with Crippen molar-refractivity contribution < 1.29 is 14.1 Å². The van der Waals surface area contributed by atoms with Crippen LogP contribution in [0.15, 0.2) is 10.6 Å². The third kappa shape index (κ3) is 6.20. The number of hydrogen-bond donors (Lipinski definition) is 2. The molecule has 118 valence electrons. The minimum absolute atomic E-state index is 0.0573. The van der Waals surface area contributed by atoms with Crippen LogP contribution in [0.5, 0.6) is 0 Å². The predicted octanol–water partition coefficient (Wildman–Crippen LogP) is 2.20. The molecule has 0 aliphatic rings. The molecule has 2 amide bonds. The number of thioether (sulfide) groups is 1. The van der Waals surface area contributed by atoms with E-state index >= 15 is 0 Å². The Labute approximate surface area is 129 Å². The van der Waals surface area contributed by atoms with Crippen LogP contribution in [0.25, 0.3) is 0 Å². The highest BCUT2D eigenvalue weighted by molar-refractivity contribution is 8.01. The van der Waals surface area contributed by atoms with E-state index in [4.69, 9.17) is 4.52 Å². The Bertz CT molecular complexity index is 488. The van der Waals surface area contributed by atoms with E-state index in [2.05, 4.69) is 15.8 Å². The van der Waals surface area contributed by atoms with Crippen molar-refractivity contribution in [2.24, 2.45) is 5.92 Å². The third-order valence-corrected chi connectivity index (χ3v) is 4.24. The zero-order chi connectivity index (χ0) is 16.0. The number of amides is 2. The van der Waals surface area contributed by atoms with Crippen molar-refractivity contribution in [3.8, 4) is 0 Å². The lowest BCUT2D eigenvalue weighted by atomic mass is 10.1. The molecule has 0 fully saturated rings. The van der Waals surface area contributed by atoms with Crippen LogP contribution in [0.3, 0.4) is 0 Å². The average Bonchev–Trinajstić information content (AvgIpc) is 2.81. The average molecular weight is 313 g/mol. The molecule has 0 spiro atoms. The Hall–Kier alpha value is -1.50. The van der Waals surface area contributed by atoms with Crippen LogP contribution in [0, 0.1) is 12.8 Å². The van der Waals surface area contributed by atoms with Gasteiger partial charge in [-0.05, 0) is 26.7 Å². The van der Waals surface area contributed by atoms with Crippen LogP contribution in [0.2, 0.25) is 0 Å². The summed E-state index contributed by atoms with van der Waals surface area (Å²) in [5.41, 5.74) is 0. The first-order valence-electron chi connectivity index (χ1n) is 6.94. The van der Waals surface area contributed by atoms with Crippen LogP contribution in [-0.4, -0.2) is 34.0 Å². The van der Waals surface area contributed by atoms with Gasteiger partial charge >= 0.3 is 0 Å². The van der Waals surface area contributed by atoms with E-state index in [0.717, 1.165) is 0 Å². The second-order valence-corrected chi connectivity index (χ2v) is 6.69. The van der Waals surface area contributed by atoms with E-state index in [1.165, 1.54) is 11.8 Å². The van der Waals surface area contributed by atoms with Crippen LogP contribution >= 0.6 is 11.8 Å². The number of anilines is 1. The quantitative estimate of drug-likeness (QED) is 0.806. The maximum Gasteiger partial charge on any atom is 0.238 e. The number of nitrogens with one attached hydrogen (secondary N) is 2. The lowest BCUT2D eigenvalue weighted by Gasteiger charge is -2.18. The molecule has 0 aliphatic carbocycles. The molecule has 0 bridgehead atoms. The molecule has 1 heterocycles. The second-order valence-electron chi connectivity index (χ2n) is 5.37. The van der Waals surface area contributed by atoms with Gasteiger partial charge in [0.15, 0.2) is 5.82 Å². The van der Waals surface area contributed by atoms with E-state index in [9.17, 15) is 9.59 Å². The van der Waals surface area contributed by atoms with Gasteiger partial charge in [-0.3, -0.25) is 9.59 Å². The largest absolute Gasteiger partial charge is 0.360 e. The Balaban J connectivity index is 2.34. The van der Waals surface area contributed by atoms with Gasteiger partial charge in [0, 0.05) is 12.1 Å². The molecule has 0 radical (unpaired) electrons. The minimum Gasteiger partial charge on any atom is -0.360 e. The molecule has 1 rings (SSSR count). The molecule has 2 atom stereocenters. The molecule has 0 aromatic carbocycles. The maximum absolute atomic E-state index is 11.9. The van der Waals surface area contributed by atoms with Gasteiger partial charge in [-0.2, -0.15) is 0 Å². The first-order valence-corrected chi connectivity index (χ1v) is 7.99. The highest BCUT2D eigenvalue weighted by Crippen LogP contribution is 2.14. The van der Waals surface area contributed by atoms with Gasteiger partial charge < -0.3 is 15.2 Å². The number of hydrogen-bond acceptors (Lipinski definition) is 5. The van der Waals surface area contributed by atoms with Gasteiger partial charge in [0.25, 0.3) is 0 Å². The molecular weight excluding hydrogens is 290 g/mol. The fourth-order valence-electron chi connectivity index (χ4n) is 1.39. The number of nitrogens with zero attached hydrogens (tertiary/aromatic N) is 1. The summed E-state index contributed by atoms with van der Waals surface area (Å²) in [4.78, 5) is 23.7. The zero-order valence-corrected chi connectivity index (χ0v) is 13.9. The van der Waals surface area contributed by atoms with E-state index in [0.29, 0.717) is 17.5 Å². The van der Waals surface area contributed by atoms with Crippen molar-refractivity contribution in [1.29, 1.82) is 0 Å². The first-order chi connectivity index (χ1) is 9.79. The molecule has 1 aromatic heterocycles. The van der Waals surface area contributed by atoms with Crippen LogP contribution in [0.1, 0.15) is 33.5 Å². The second kappa shape index (κ2) is 8.07. The van der Waals surface area contributed by atoms with Crippen LogP contribution < -0.4 is 10.6 Å². The number of carbonyl (C=O) groups is 2. The third-order valence-electron chi connectivity index (χ3n) is 3.10. The fourth-order valence-corrected chi connectivity index (χ4v) is 2.09. The summed E-state index contributed by atoms with van der Waals surface area (Å²) in [7, 11) is 0. The summed E-state index contributed by atoms with van der Waals surface area (Å²) >= 11 is 1.29. The smallest absolute Gasteiger partial charge is 0.238 e. The van der Waals surface area contributed by atoms with Gasteiger partial charge in [-0.1, -0.05) is 19.0 Å². The molecule has 0 saturated heterocycles. The Morgan fingerprint density at radius 1 is 1.33 bits per heavy atom. The van der Waals surface area contributed by atoms with Crippen molar-refractivity contribution in [3.05, 3.63) is 11.8 Å². The highest BCUT2D eigenvalue weighted by atomic mass is 32.2. The molecule has 0 unspecified atom stereocenters. The number of carbonyl (C=O) groups excluding carboxylic acids is 2.